The maximum atomic E-state index is 13.0. The van der Waals surface area contributed by atoms with Crippen LogP contribution in [0.5, 0.6) is 0 Å². The first-order valence-corrected chi connectivity index (χ1v) is 38.7. The van der Waals surface area contributed by atoms with E-state index >= 15 is 0 Å². The Morgan fingerprint density at radius 1 is 0.371 bits per heavy atom. The molecule has 0 heterocycles. The molecular weight excluding hydrogens is 1170 g/mol. The molecule has 0 rings (SSSR count). The van der Waals surface area contributed by atoms with Gasteiger partial charge in [-0.2, -0.15) is 0 Å². The Hall–Kier alpha value is -2.46. The van der Waals surface area contributed by atoms with Crippen LogP contribution >= 0.6 is 15.6 Å². The van der Waals surface area contributed by atoms with Crippen molar-refractivity contribution in [1.29, 1.82) is 0 Å². The van der Waals surface area contributed by atoms with E-state index in [4.69, 9.17) is 37.0 Å². The lowest BCUT2D eigenvalue weighted by atomic mass is 9.99. The lowest BCUT2D eigenvalue weighted by Gasteiger charge is -2.21. The first-order chi connectivity index (χ1) is 42.8. The molecule has 0 spiro atoms. The highest BCUT2D eigenvalue weighted by atomic mass is 31.2. The summed E-state index contributed by atoms with van der Waals surface area (Å²) in [6.07, 6.45) is 46.8. The fourth-order valence-electron chi connectivity index (χ4n) is 9.97. The Balaban J connectivity index is 5.27. The largest absolute Gasteiger partial charge is 0.472 e. The van der Waals surface area contributed by atoms with E-state index in [-0.39, 0.29) is 25.7 Å². The Labute approximate surface area is 542 Å². The van der Waals surface area contributed by atoms with Gasteiger partial charge in [0.2, 0.25) is 0 Å². The van der Waals surface area contributed by atoms with Crippen LogP contribution in [0.4, 0.5) is 0 Å². The van der Waals surface area contributed by atoms with Gasteiger partial charge in [-0.1, -0.05) is 272 Å². The quantitative estimate of drug-likeness (QED) is 0.0169. The Morgan fingerprint density at radius 3 is 1.00 bits per heavy atom. The molecule has 0 saturated carbocycles. The number of phosphoric acid groups is 2. The second kappa shape index (κ2) is 60.5. The van der Waals surface area contributed by atoms with Crippen LogP contribution in [0.3, 0.4) is 0 Å². The predicted molar refractivity (Wildman–Crippen MR) is 358 cm³/mol. The molecule has 0 aromatic heterocycles. The predicted octanol–water partition coefficient (Wildman–Crippen LogP) is 19.4. The summed E-state index contributed by atoms with van der Waals surface area (Å²) in [7, 11) is -9.91. The van der Waals surface area contributed by atoms with Gasteiger partial charge in [-0.3, -0.25) is 37.3 Å². The number of esters is 4. The van der Waals surface area contributed by atoms with Crippen LogP contribution in [-0.4, -0.2) is 96.7 Å². The first kappa shape index (κ1) is 86.5. The number of hydrogen-bond acceptors (Lipinski definition) is 15. The van der Waals surface area contributed by atoms with Crippen LogP contribution in [0.2, 0.25) is 0 Å². The Bertz CT molecular complexity index is 1840. The molecule has 0 aliphatic heterocycles. The molecule has 0 bridgehead atoms. The number of allylic oxidation sites excluding steroid dienone is 4. The van der Waals surface area contributed by atoms with Crippen molar-refractivity contribution in [3.63, 3.8) is 0 Å². The van der Waals surface area contributed by atoms with Gasteiger partial charge in [0.05, 0.1) is 26.4 Å². The second-order valence-electron chi connectivity index (χ2n) is 25.8. The van der Waals surface area contributed by atoms with Gasteiger partial charge in [-0.15, -0.1) is 0 Å². The summed E-state index contributed by atoms with van der Waals surface area (Å²) in [5.74, 6) is 0.0367. The van der Waals surface area contributed by atoms with Gasteiger partial charge in [-0.25, -0.2) is 9.13 Å². The molecule has 0 amide bonds. The van der Waals surface area contributed by atoms with E-state index < -0.39 is 97.5 Å². The van der Waals surface area contributed by atoms with E-state index in [1.165, 1.54) is 109 Å². The smallest absolute Gasteiger partial charge is 0.462 e. The Morgan fingerprint density at radius 2 is 0.663 bits per heavy atom. The molecule has 19 heteroatoms. The molecule has 89 heavy (non-hydrogen) atoms. The van der Waals surface area contributed by atoms with Crippen LogP contribution in [-0.2, 0) is 65.4 Å². The summed E-state index contributed by atoms with van der Waals surface area (Å²) >= 11 is 0. The summed E-state index contributed by atoms with van der Waals surface area (Å²) in [4.78, 5) is 72.5. The number of carbonyl (C=O) groups excluding carboxylic acids is 4. The molecule has 17 nitrogen and oxygen atoms in total. The zero-order valence-electron chi connectivity index (χ0n) is 57.4. The lowest BCUT2D eigenvalue weighted by molar-refractivity contribution is -0.161. The summed E-state index contributed by atoms with van der Waals surface area (Å²) in [5, 5.41) is 10.6. The van der Waals surface area contributed by atoms with E-state index in [0.717, 1.165) is 121 Å². The summed E-state index contributed by atoms with van der Waals surface area (Å²) < 4.78 is 68.2. The third kappa shape index (κ3) is 62.7. The molecule has 0 saturated heterocycles. The minimum absolute atomic E-state index is 0.0961. The molecule has 0 aromatic rings. The average molecular weight is 1310 g/mol. The number of ether oxygens (including phenoxy) is 4. The van der Waals surface area contributed by atoms with Gasteiger partial charge >= 0.3 is 39.5 Å². The highest BCUT2D eigenvalue weighted by Crippen LogP contribution is 2.45. The summed E-state index contributed by atoms with van der Waals surface area (Å²) in [6, 6.07) is 0. The van der Waals surface area contributed by atoms with Gasteiger partial charge in [0.15, 0.2) is 12.2 Å². The van der Waals surface area contributed by atoms with Crippen molar-refractivity contribution in [2.45, 2.75) is 343 Å². The van der Waals surface area contributed by atoms with E-state index in [0.29, 0.717) is 37.5 Å². The first-order valence-electron chi connectivity index (χ1n) is 35.7. The van der Waals surface area contributed by atoms with Crippen LogP contribution < -0.4 is 0 Å². The number of phosphoric ester groups is 2. The number of unbranched alkanes of at least 4 members (excludes halogenated alkanes) is 30. The molecule has 0 aliphatic rings. The molecular formula is C70H132O17P2. The fraction of sp³-hybridized carbons (Fsp3) is 0.886. The summed E-state index contributed by atoms with van der Waals surface area (Å²) in [6.45, 7) is 11.7. The van der Waals surface area contributed by atoms with Crippen molar-refractivity contribution < 1.29 is 80.2 Å². The summed E-state index contributed by atoms with van der Waals surface area (Å²) in [5.41, 5.74) is 0. The molecule has 524 valence electrons. The SMILES string of the molecule is CCCCCC/C=C\C=C/CCCCCCCC(=O)OC[C@H](COP(=O)(O)OCC(O)COP(=O)(O)OC[C@@H](COC(=O)CCCCCCCCCC(C)C)OC(=O)CCCCCCCCCCCCC(C)CC)OC(=O)CCCCCCCCCC(C)C. The van der Waals surface area contributed by atoms with Crippen molar-refractivity contribution in [1.82, 2.24) is 0 Å². The molecule has 6 atom stereocenters. The van der Waals surface area contributed by atoms with Crippen molar-refractivity contribution in [3.05, 3.63) is 24.3 Å². The minimum atomic E-state index is -4.96. The van der Waals surface area contributed by atoms with E-state index in [1.807, 2.05) is 0 Å². The zero-order chi connectivity index (χ0) is 65.9. The number of hydrogen-bond donors (Lipinski definition) is 3. The topological polar surface area (TPSA) is 237 Å². The van der Waals surface area contributed by atoms with Gasteiger partial charge in [0, 0.05) is 25.7 Å². The van der Waals surface area contributed by atoms with Gasteiger partial charge in [0.1, 0.15) is 19.3 Å². The van der Waals surface area contributed by atoms with Crippen molar-refractivity contribution >= 4 is 39.5 Å². The Kier molecular flexibility index (Phi) is 58.8. The molecule has 0 aromatic carbocycles. The third-order valence-corrected chi connectivity index (χ3v) is 17.8. The lowest BCUT2D eigenvalue weighted by Crippen LogP contribution is -2.30. The average Bonchev–Trinajstić information content (AvgIpc) is 3.70. The van der Waals surface area contributed by atoms with Gasteiger partial charge in [-0.05, 0) is 69.1 Å². The minimum Gasteiger partial charge on any atom is -0.462 e. The van der Waals surface area contributed by atoms with Crippen LogP contribution in [0, 0.1) is 17.8 Å². The normalized spacial score (nSPS) is 14.7. The van der Waals surface area contributed by atoms with E-state index in [1.54, 1.807) is 0 Å². The van der Waals surface area contributed by atoms with Crippen molar-refractivity contribution in [3.8, 4) is 0 Å². The highest BCUT2D eigenvalue weighted by molar-refractivity contribution is 7.47. The molecule has 0 radical (unpaired) electrons. The number of aliphatic hydroxyl groups is 1. The molecule has 0 fully saturated rings. The van der Waals surface area contributed by atoms with Crippen LogP contribution in [0.15, 0.2) is 24.3 Å². The highest BCUT2D eigenvalue weighted by Gasteiger charge is 2.30. The zero-order valence-corrected chi connectivity index (χ0v) is 59.2. The number of carbonyl (C=O) groups is 4. The fourth-order valence-corrected chi connectivity index (χ4v) is 11.5. The van der Waals surface area contributed by atoms with Crippen molar-refractivity contribution in [2.24, 2.45) is 17.8 Å². The number of aliphatic hydroxyl groups excluding tert-OH is 1. The maximum absolute atomic E-state index is 13.0. The van der Waals surface area contributed by atoms with Crippen LogP contribution in [0.1, 0.15) is 325 Å². The van der Waals surface area contributed by atoms with Crippen molar-refractivity contribution in [2.75, 3.05) is 39.6 Å². The maximum Gasteiger partial charge on any atom is 0.472 e. The molecule has 3 N–H and O–H groups in total. The third-order valence-electron chi connectivity index (χ3n) is 15.9. The standard InChI is InChI=1S/C70H132O17P2/c1-8-10-11-12-13-14-15-16-17-18-19-23-30-37-44-51-67(72)80-57-66(87-70(75)54-47-40-33-26-28-35-42-49-62(5)6)60-85-89(78,79)83-56-64(71)55-82-88(76,77)84-59-65(58-81-68(73)52-45-38-32-25-27-34-41-48-61(3)4)86-69(74)53-46-39-31-24-21-20-22-29-36-43-50-63(7)9-2/h14-17,61-66,71H,8-13,18-60H2,1-7H3,(H,76,77)(H,78,79)/b15-14-,17-16-/t63?,64?,65-,66-/m1/s1. The molecule has 0 aliphatic carbocycles. The number of rotatable bonds is 66. The van der Waals surface area contributed by atoms with Gasteiger partial charge in [0.25, 0.3) is 0 Å². The van der Waals surface area contributed by atoms with Crippen LogP contribution in [0.25, 0.3) is 0 Å². The van der Waals surface area contributed by atoms with Gasteiger partial charge < -0.3 is 33.8 Å². The second-order valence-corrected chi connectivity index (χ2v) is 28.7. The van der Waals surface area contributed by atoms with E-state index in [9.17, 15) is 43.2 Å². The molecule has 4 unspecified atom stereocenters. The van der Waals surface area contributed by atoms with E-state index in [2.05, 4.69) is 72.8 Å². The monoisotopic (exact) mass is 1310 g/mol.